The Morgan fingerprint density at radius 2 is 1.82 bits per heavy atom. The lowest BCUT2D eigenvalue weighted by Crippen LogP contribution is -2.37. The van der Waals surface area contributed by atoms with E-state index in [0.717, 1.165) is 25.1 Å². The zero-order valence-electron chi connectivity index (χ0n) is 20.5. The number of nitrogens with one attached hydrogen (secondary N) is 2. The molecule has 1 unspecified atom stereocenters. The molecule has 8 nitrogen and oxygen atoms in total. The summed E-state index contributed by atoms with van der Waals surface area (Å²) in [5, 5.41) is 25.1. The number of nitriles is 1. The van der Waals surface area contributed by atoms with Crippen LogP contribution in [0.15, 0.2) is 61.1 Å². The van der Waals surface area contributed by atoms with Gasteiger partial charge in [0.05, 0.1) is 51.4 Å². The Kier molecular flexibility index (Phi) is 6.31. The second-order valence-electron chi connectivity index (χ2n) is 9.39. The molecule has 0 aliphatic heterocycles. The summed E-state index contributed by atoms with van der Waals surface area (Å²) in [4.78, 5) is 7.70. The van der Waals surface area contributed by atoms with Gasteiger partial charge in [-0.05, 0) is 42.7 Å². The summed E-state index contributed by atoms with van der Waals surface area (Å²) in [7, 11) is 6.94. The fraction of sp³-hybridized carbons (Fsp3) is 0.148. The first kappa shape index (κ1) is 25.6. The smallest absolute Gasteiger partial charge is 0.249 e. The number of rotatable bonds is 7. The summed E-state index contributed by atoms with van der Waals surface area (Å²) in [6, 6.07) is 12.1. The number of nitrogens with zero attached hydrogens (tertiary/aromatic N) is 6. The number of benzene rings is 2. The quantitative estimate of drug-likeness (QED) is 0.195. The van der Waals surface area contributed by atoms with Crippen LogP contribution in [0.2, 0.25) is 5.02 Å². The zero-order chi connectivity index (χ0) is 28.0. The Hall–Kier alpha value is -4.63. The van der Waals surface area contributed by atoms with Crippen molar-refractivity contribution < 1.29 is 13.2 Å². The van der Waals surface area contributed by atoms with Gasteiger partial charge in [0, 0.05) is 23.3 Å². The molecule has 1 aliphatic carbocycles. The van der Waals surface area contributed by atoms with Gasteiger partial charge in [-0.25, -0.2) is 18.4 Å². The molecule has 0 bridgehead atoms. The van der Waals surface area contributed by atoms with Crippen LogP contribution < -0.4 is 10.6 Å². The second kappa shape index (κ2) is 9.84. The fourth-order valence-corrected chi connectivity index (χ4v) is 4.65. The topological polar surface area (TPSA) is 104 Å². The molecular formula is C27H17BClF3N8. The summed E-state index contributed by atoms with van der Waals surface area (Å²) in [6.45, 7) is 0. The van der Waals surface area contributed by atoms with Crippen molar-refractivity contribution in [2.24, 2.45) is 0 Å². The van der Waals surface area contributed by atoms with Gasteiger partial charge in [0.25, 0.3) is 0 Å². The molecular weight excluding hydrogens is 540 g/mol. The summed E-state index contributed by atoms with van der Waals surface area (Å²) in [6.07, 6.45) is 6.14. The first-order valence-corrected chi connectivity index (χ1v) is 12.5. The van der Waals surface area contributed by atoms with Crippen molar-refractivity contribution in [2.45, 2.75) is 24.3 Å². The lowest BCUT2D eigenvalue weighted by atomic mass is 9.69. The van der Waals surface area contributed by atoms with E-state index in [-0.39, 0.29) is 28.0 Å². The monoisotopic (exact) mass is 556 g/mol. The van der Waals surface area contributed by atoms with Gasteiger partial charge in [0.1, 0.15) is 25.4 Å². The number of halogens is 4. The molecule has 0 saturated heterocycles. The van der Waals surface area contributed by atoms with E-state index >= 15 is 0 Å². The average molecular weight is 557 g/mol. The molecule has 2 aromatic carbocycles. The lowest BCUT2D eigenvalue weighted by molar-refractivity contribution is 0.480. The van der Waals surface area contributed by atoms with Crippen LogP contribution in [0.4, 0.5) is 30.2 Å². The number of hydrogen-bond acceptors (Lipinski definition) is 7. The van der Waals surface area contributed by atoms with Crippen molar-refractivity contribution in [1.82, 2.24) is 25.0 Å². The molecule has 0 spiro atoms. The van der Waals surface area contributed by atoms with Crippen LogP contribution in [0.3, 0.4) is 0 Å². The Bertz CT molecular complexity index is 1800. The van der Waals surface area contributed by atoms with Gasteiger partial charge in [-0.15, -0.1) is 5.10 Å². The van der Waals surface area contributed by atoms with Gasteiger partial charge in [-0.3, -0.25) is 4.98 Å². The number of hydrogen-bond donors (Lipinski definition) is 2. The second-order valence-corrected chi connectivity index (χ2v) is 9.80. The molecule has 6 rings (SSSR count). The Morgan fingerprint density at radius 1 is 1.05 bits per heavy atom. The lowest BCUT2D eigenvalue weighted by Gasteiger charge is -2.32. The minimum absolute atomic E-state index is 0.105. The standard InChI is InChI=1S/C27H17BClF3N8/c28-27(15-1-3-16(30)4-2-15,23-13-40(39-38-23)19-5-6-19)37-17-7-20-24(36-18-9-22(31)26(32)35-12-18)14(10-33)11-34-25(20)21(29)8-17/h1-4,7-9,11-13,19,37H,5-6H2,(H,34,36). The van der Waals surface area contributed by atoms with E-state index in [1.54, 1.807) is 35.1 Å². The van der Waals surface area contributed by atoms with Crippen LogP contribution in [0.5, 0.6) is 0 Å². The molecule has 13 heteroatoms. The first-order valence-electron chi connectivity index (χ1n) is 12.1. The first-order chi connectivity index (χ1) is 19.2. The molecule has 3 heterocycles. The van der Waals surface area contributed by atoms with Crippen LogP contribution in [0.1, 0.15) is 35.7 Å². The molecule has 196 valence electrons. The molecule has 0 amide bonds. The summed E-state index contributed by atoms with van der Waals surface area (Å²) >= 11 is 6.62. The largest absolute Gasteiger partial charge is 0.378 e. The third-order valence-corrected chi connectivity index (χ3v) is 6.88. The third kappa shape index (κ3) is 4.69. The predicted octanol–water partition coefficient (Wildman–Crippen LogP) is 5.72. The molecule has 5 aromatic rings. The van der Waals surface area contributed by atoms with Crippen LogP contribution in [-0.4, -0.2) is 32.8 Å². The van der Waals surface area contributed by atoms with Crippen LogP contribution in [0.25, 0.3) is 10.9 Å². The summed E-state index contributed by atoms with van der Waals surface area (Å²) < 4.78 is 42.8. The van der Waals surface area contributed by atoms with Crippen molar-refractivity contribution >= 4 is 47.4 Å². The van der Waals surface area contributed by atoms with Crippen molar-refractivity contribution in [2.75, 3.05) is 10.6 Å². The highest BCUT2D eigenvalue weighted by Gasteiger charge is 2.34. The Balaban J connectivity index is 1.47. The molecule has 40 heavy (non-hydrogen) atoms. The maximum atomic E-state index is 13.9. The van der Waals surface area contributed by atoms with E-state index in [9.17, 15) is 18.4 Å². The third-order valence-electron chi connectivity index (χ3n) is 6.59. The number of pyridine rings is 2. The van der Waals surface area contributed by atoms with Crippen LogP contribution in [-0.2, 0) is 5.44 Å². The van der Waals surface area contributed by atoms with Gasteiger partial charge in [0.2, 0.25) is 5.95 Å². The van der Waals surface area contributed by atoms with Gasteiger partial charge in [0.15, 0.2) is 5.82 Å². The minimum Gasteiger partial charge on any atom is -0.378 e. The van der Waals surface area contributed by atoms with E-state index in [2.05, 4.69) is 30.9 Å². The Morgan fingerprint density at radius 3 is 2.52 bits per heavy atom. The molecule has 1 fully saturated rings. The number of fused-ring (bicyclic) bond motifs is 1. The van der Waals surface area contributed by atoms with Gasteiger partial charge in [-0.2, -0.15) is 9.65 Å². The predicted molar refractivity (Wildman–Crippen MR) is 144 cm³/mol. The SMILES string of the molecule is [B]C(Nc1cc(Cl)c2ncc(C#N)c(Nc3cnc(F)c(F)c3)c2c1)(c1ccc(F)cc1)c1cn(C2CC2)nn1. The Labute approximate surface area is 232 Å². The summed E-state index contributed by atoms with van der Waals surface area (Å²) in [5.41, 5.74) is 0.650. The fourth-order valence-electron chi connectivity index (χ4n) is 4.38. The van der Waals surface area contributed by atoms with Crippen molar-refractivity contribution in [1.29, 1.82) is 5.26 Å². The van der Waals surface area contributed by atoms with Gasteiger partial charge >= 0.3 is 0 Å². The maximum Gasteiger partial charge on any atom is 0.249 e. The van der Waals surface area contributed by atoms with E-state index in [4.69, 9.17) is 19.4 Å². The highest BCUT2D eigenvalue weighted by molar-refractivity contribution is 6.36. The molecule has 1 atom stereocenters. The molecule has 1 saturated carbocycles. The summed E-state index contributed by atoms with van der Waals surface area (Å²) in [5.74, 6) is -2.84. The van der Waals surface area contributed by atoms with Crippen LogP contribution >= 0.6 is 11.6 Å². The van der Waals surface area contributed by atoms with Gasteiger partial charge < -0.3 is 10.6 Å². The molecule has 3 aromatic heterocycles. The van der Waals surface area contributed by atoms with E-state index in [0.29, 0.717) is 27.8 Å². The molecule has 2 N–H and O–H groups in total. The normalized spacial score (nSPS) is 14.5. The number of anilines is 3. The maximum absolute atomic E-state index is 13.9. The van der Waals surface area contributed by atoms with Crippen molar-refractivity contribution in [3.8, 4) is 6.07 Å². The van der Waals surface area contributed by atoms with Gasteiger partial charge in [-0.1, -0.05) is 28.9 Å². The van der Waals surface area contributed by atoms with Crippen LogP contribution in [0, 0.1) is 28.9 Å². The van der Waals surface area contributed by atoms with E-state index < -0.39 is 23.0 Å². The average Bonchev–Trinajstić information content (AvgIpc) is 3.67. The molecule has 2 radical (unpaired) electrons. The van der Waals surface area contributed by atoms with Crippen molar-refractivity contribution in [3.05, 3.63) is 100 Å². The molecule has 1 aliphatic rings. The van der Waals surface area contributed by atoms with Crippen molar-refractivity contribution in [3.63, 3.8) is 0 Å². The highest BCUT2D eigenvalue weighted by atomic mass is 35.5. The van der Waals surface area contributed by atoms with E-state index in [1.165, 1.54) is 18.3 Å². The minimum atomic E-state index is -1.46. The highest BCUT2D eigenvalue weighted by Crippen LogP contribution is 2.39. The number of aromatic nitrogens is 5. The van der Waals surface area contributed by atoms with E-state index in [1.807, 2.05) is 6.07 Å². The zero-order valence-corrected chi connectivity index (χ0v) is 21.3.